The highest BCUT2D eigenvalue weighted by molar-refractivity contribution is 5.98. The minimum Gasteiger partial charge on any atom is -0.439 e. The van der Waals surface area contributed by atoms with Gasteiger partial charge < -0.3 is 9.64 Å². The van der Waals surface area contributed by atoms with Gasteiger partial charge in [0.25, 0.3) is 11.8 Å². The minimum atomic E-state index is -0.613. The van der Waals surface area contributed by atoms with Gasteiger partial charge in [0, 0.05) is 31.0 Å². The van der Waals surface area contributed by atoms with Gasteiger partial charge in [0.1, 0.15) is 0 Å². The van der Waals surface area contributed by atoms with Gasteiger partial charge in [-0.1, -0.05) is 0 Å². The van der Waals surface area contributed by atoms with Crippen molar-refractivity contribution in [3.63, 3.8) is 0 Å². The first-order chi connectivity index (χ1) is 9.66. The SMILES string of the molecule is O=C(c1ccncc1)N1CCC(N2C(=O)COC2=O)C1. The Kier molecular flexibility index (Phi) is 3.09. The number of carbonyl (C=O) groups excluding carboxylic acids is 3. The van der Waals surface area contributed by atoms with Crippen LogP contribution in [0.4, 0.5) is 4.79 Å². The molecular formula is C13H13N3O4. The summed E-state index contributed by atoms with van der Waals surface area (Å²) in [5.74, 6) is -0.451. The molecule has 2 fully saturated rings. The molecule has 1 aromatic rings. The van der Waals surface area contributed by atoms with Crippen LogP contribution in [0.3, 0.4) is 0 Å². The Morgan fingerprint density at radius 3 is 2.70 bits per heavy atom. The van der Waals surface area contributed by atoms with Crippen LogP contribution in [0.25, 0.3) is 0 Å². The molecule has 7 heteroatoms. The van der Waals surface area contributed by atoms with Gasteiger partial charge >= 0.3 is 6.09 Å². The number of likely N-dealkylation sites (tertiary alicyclic amines) is 1. The zero-order valence-electron chi connectivity index (χ0n) is 10.7. The van der Waals surface area contributed by atoms with E-state index in [0.29, 0.717) is 25.1 Å². The average Bonchev–Trinajstić information content (AvgIpc) is 3.06. The highest BCUT2D eigenvalue weighted by Crippen LogP contribution is 2.21. The lowest BCUT2D eigenvalue weighted by Crippen LogP contribution is -2.42. The summed E-state index contributed by atoms with van der Waals surface area (Å²) >= 11 is 0. The smallest absolute Gasteiger partial charge is 0.417 e. The summed E-state index contributed by atoms with van der Waals surface area (Å²) in [6, 6.07) is 3.00. The van der Waals surface area contributed by atoms with Crippen molar-refractivity contribution in [1.29, 1.82) is 0 Å². The van der Waals surface area contributed by atoms with Crippen LogP contribution in [-0.4, -0.2) is 58.4 Å². The molecule has 1 unspecified atom stereocenters. The Balaban J connectivity index is 1.69. The van der Waals surface area contributed by atoms with Gasteiger partial charge in [0.05, 0.1) is 6.04 Å². The van der Waals surface area contributed by atoms with E-state index in [-0.39, 0.29) is 24.5 Å². The van der Waals surface area contributed by atoms with Crippen molar-refractivity contribution in [1.82, 2.24) is 14.8 Å². The largest absolute Gasteiger partial charge is 0.439 e. The predicted octanol–water partition coefficient (Wildman–Crippen LogP) is 0.275. The first-order valence-corrected chi connectivity index (χ1v) is 6.35. The Labute approximate surface area is 115 Å². The number of amides is 3. The number of rotatable bonds is 2. The number of hydrogen-bond acceptors (Lipinski definition) is 5. The second-order valence-corrected chi connectivity index (χ2v) is 4.75. The van der Waals surface area contributed by atoms with E-state index in [9.17, 15) is 14.4 Å². The molecule has 20 heavy (non-hydrogen) atoms. The lowest BCUT2D eigenvalue weighted by molar-refractivity contribution is -0.127. The summed E-state index contributed by atoms with van der Waals surface area (Å²) in [4.78, 5) is 42.0. The Morgan fingerprint density at radius 1 is 1.30 bits per heavy atom. The fourth-order valence-electron chi connectivity index (χ4n) is 2.53. The third kappa shape index (κ3) is 2.11. The van der Waals surface area contributed by atoms with Crippen molar-refractivity contribution in [3.8, 4) is 0 Å². The standard InChI is InChI=1S/C13H13N3O4/c17-11-8-20-13(19)16(11)10-3-6-15(7-10)12(18)9-1-4-14-5-2-9/h1-2,4-5,10H,3,6-8H2. The molecule has 2 aliphatic heterocycles. The van der Waals surface area contributed by atoms with Gasteiger partial charge in [-0.3, -0.25) is 14.6 Å². The maximum atomic E-state index is 12.2. The van der Waals surface area contributed by atoms with Crippen molar-refractivity contribution in [2.75, 3.05) is 19.7 Å². The first-order valence-electron chi connectivity index (χ1n) is 6.35. The van der Waals surface area contributed by atoms with Gasteiger partial charge in [-0.05, 0) is 18.6 Å². The molecule has 0 radical (unpaired) electrons. The van der Waals surface area contributed by atoms with Crippen LogP contribution >= 0.6 is 0 Å². The second kappa shape index (κ2) is 4.92. The van der Waals surface area contributed by atoms with E-state index in [1.54, 1.807) is 29.4 Å². The third-order valence-corrected chi connectivity index (χ3v) is 3.53. The number of pyridine rings is 1. The van der Waals surface area contributed by atoms with Crippen LogP contribution < -0.4 is 0 Å². The second-order valence-electron chi connectivity index (χ2n) is 4.75. The molecule has 0 aliphatic carbocycles. The molecular weight excluding hydrogens is 262 g/mol. The zero-order chi connectivity index (χ0) is 14.1. The van der Waals surface area contributed by atoms with Crippen LogP contribution in [-0.2, 0) is 9.53 Å². The molecule has 7 nitrogen and oxygen atoms in total. The number of hydrogen-bond donors (Lipinski definition) is 0. The fourth-order valence-corrected chi connectivity index (χ4v) is 2.53. The molecule has 2 aliphatic rings. The molecule has 0 N–H and O–H groups in total. The van der Waals surface area contributed by atoms with Crippen molar-refractivity contribution in [2.24, 2.45) is 0 Å². The van der Waals surface area contributed by atoms with E-state index in [0.717, 1.165) is 4.90 Å². The van der Waals surface area contributed by atoms with Crippen LogP contribution in [0.15, 0.2) is 24.5 Å². The lowest BCUT2D eigenvalue weighted by atomic mass is 10.2. The van der Waals surface area contributed by atoms with Gasteiger partial charge in [-0.2, -0.15) is 0 Å². The van der Waals surface area contributed by atoms with Crippen molar-refractivity contribution in [2.45, 2.75) is 12.5 Å². The molecule has 1 aromatic heterocycles. The Hall–Kier alpha value is -2.44. The molecule has 1 atom stereocenters. The number of nitrogens with zero attached hydrogens (tertiary/aromatic N) is 3. The third-order valence-electron chi connectivity index (χ3n) is 3.53. The number of aromatic nitrogens is 1. The summed E-state index contributed by atoms with van der Waals surface area (Å²) < 4.78 is 4.70. The van der Waals surface area contributed by atoms with Crippen LogP contribution in [0.5, 0.6) is 0 Å². The number of ether oxygens (including phenoxy) is 1. The molecule has 0 bridgehead atoms. The van der Waals surface area contributed by atoms with E-state index in [1.807, 2.05) is 0 Å². The highest BCUT2D eigenvalue weighted by Gasteiger charge is 2.41. The molecule has 0 saturated carbocycles. The van der Waals surface area contributed by atoms with E-state index in [2.05, 4.69) is 4.98 Å². The van der Waals surface area contributed by atoms with E-state index < -0.39 is 6.09 Å². The minimum absolute atomic E-state index is 0.116. The van der Waals surface area contributed by atoms with E-state index in [4.69, 9.17) is 4.74 Å². The Bertz CT molecular complexity index is 544. The highest BCUT2D eigenvalue weighted by atomic mass is 16.6. The van der Waals surface area contributed by atoms with Crippen LogP contribution in [0.1, 0.15) is 16.8 Å². The van der Waals surface area contributed by atoms with E-state index in [1.165, 1.54) is 0 Å². The topological polar surface area (TPSA) is 79.8 Å². The molecule has 0 spiro atoms. The maximum absolute atomic E-state index is 12.2. The zero-order valence-corrected chi connectivity index (χ0v) is 10.7. The van der Waals surface area contributed by atoms with Crippen molar-refractivity contribution >= 4 is 17.9 Å². The molecule has 3 rings (SSSR count). The monoisotopic (exact) mass is 275 g/mol. The van der Waals surface area contributed by atoms with Crippen molar-refractivity contribution in [3.05, 3.63) is 30.1 Å². The van der Waals surface area contributed by atoms with Gasteiger partial charge in [-0.25, -0.2) is 9.69 Å². The first kappa shape index (κ1) is 12.6. The molecule has 104 valence electrons. The van der Waals surface area contributed by atoms with Crippen LogP contribution in [0, 0.1) is 0 Å². The summed E-state index contributed by atoms with van der Waals surface area (Å²) in [6.07, 6.45) is 3.08. The molecule has 0 aromatic carbocycles. The maximum Gasteiger partial charge on any atom is 0.417 e. The molecule has 2 saturated heterocycles. The van der Waals surface area contributed by atoms with Crippen LogP contribution in [0.2, 0.25) is 0 Å². The summed E-state index contributed by atoms with van der Waals surface area (Å²) in [5, 5.41) is 0. The molecule has 3 amide bonds. The van der Waals surface area contributed by atoms with Gasteiger partial charge in [-0.15, -0.1) is 0 Å². The lowest BCUT2D eigenvalue weighted by Gasteiger charge is -2.20. The summed E-state index contributed by atoms with van der Waals surface area (Å²) in [5.41, 5.74) is 0.552. The number of cyclic esters (lactones) is 1. The number of imide groups is 1. The predicted molar refractivity (Wildman–Crippen MR) is 66.7 cm³/mol. The van der Waals surface area contributed by atoms with Gasteiger partial charge in [0.15, 0.2) is 6.61 Å². The normalized spacial score (nSPS) is 22.3. The van der Waals surface area contributed by atoms with Gasteiger partial charge in [0.2, 0.25) is 0 Å². The Morgan fingerprint density at radius 2 is 2.05 bits per heavy atom. The summed E-state index contributed by atoms with van der Waals surface area (Å²) in [7, 11) is 0. The van der Waals surface area contributed by atoms with Crippen molar-refractivity contribution < 1.29 is 19.1 Å². The average molecular weight is 275 g/mol. The van der Waals surface area contributed by atoms with E-state index >= 15 is 0 Å². The molecule has 3 heterocycles. The quantitative estimate of drug-likeness (QED) is 0.774. The summed E-state index contributed by atoms with van der Waals surface area (Å²) in [6.45, 7) is 0.665. The number of carbonyl (C=O) groups is 3. The fraction of sp³-hybridized carbons (Fsp3) is 0.385.